The van der Waals surface area contributed by atoms with Gasteiger partial charge in [0.25, 0.3) is 0 Å². The van der Waals surface area contributed by atoms with E-state index in [2.05, 4.69) is 0 Å². The van der Waals surface area contributed by atoms with Gasteiger partial charge in [-0.3, -0.25) is 0 Å². The molecule has 0 bridgehead atoms. The van der Waals surface area contributed by atoms with Crippen molar-refractivity contribution in [1.82, 2.24) is 0 Å². The van der Waals surface area contributed by atoms with Gasteiger partial charge in [-0.15, -0.1) is 0 Å². The Morgan fingerprint density at radius 2 is 1.56 bits per heavy atom. The van der Waals surface area contributed by atoms with Crippen molar-refractivity contribution in [3.63, 3.8) is 0 Å². The first-order valence-electron chi connectivity index (χ1n) is 10.4. The summed E-state index contributed by atoms with van der Waals surface area (Å²) in [4.78, 5) is 0. The Hall–Kier alpha value is -2.88. The first-order valence-corrected chi connectivity index (χ1v) is 10.4. The number of hydrogen-bond acceptors (Lipinski definition) is 9. The molecule has 9 nitrogen and oxygen atoms in total. The Bertz CT molecular complexity index is 971. The van der Waals surface area contributed by atoms with Crippen molar-refractivity contribution in [2.75, 3.05) is 47.8 Å². The predicted molar refractivity (Wildman–Crippen MR) is 111 cm³/mol. The van der Waals surface area contributed by atoms with Crippen LogP contribution in [0.3, 0.4) is 0 Å². The van der Waals surface area contributed by atoms with E-state index in [9.17, 15) is 5.11 Å². The van der Waals surface area contributed by atoms with Crippen molar-refractivity contribution in [2.45, 2.75) is 18.0 Å². The highest BCUT2D eigenvalue weighted by molar-refractivity contribution is 5.53. The lowest BCUT2D eigenvalue weighted by Crippen LogP contribution is -2.47. The summed E-state index contributed by atoms with van der Waals surface area (Å²) in [5, 5.41) is 11.6. The number of fused-ring (bicyclic) bond motifs is 2. The Balaban J connectivity index is 1.44. The number of hydrogen-bond donors (Lipinski definition) is 1. The summed E-state index contributed by atoms with van der Waals surface area (Å²) >= 11 is 0. The van der Waals surface area contributed by atoms with Gasteiger partial charge in [-0.25, -0.2) is 0 Å². The van der Waals surface area contributed by atoms with Crippen molar-refractivity contribution in [3.8, 4) is 34.5 Å². The zero-order chi connectivity index (χ0) is 22.3. The monoisotopic (exact) mass is 446 g/mol. The zero-order valence-corrected chi connectivity index (χ0v) is 18.2. The third kappa shape index (κ3) is 3.28. The largest absolute Gasteiger partial charge is 0.496 e. The molecule has 32 heavy (non-hydrogen) atoms. The van der Waals surface area contributed by atoms with Gasteiger partial charge in [0, 0.05) is 11.6 Å². The zero-order valence-electron chi connectivity index (χ0n) is 18.2. The van der Waals surface area contributed by atoms with E-state index in [0.717, 1.165) is 5.56 Å². The molecule has 2 aromatic carbocycles. The van der Waals surface area contributed by atoms with E-state index < -0.39 is 18.0 Å². The molecule has 3 aliphatic heterocycles. The molecular formula is C23H26O9. The lowest BCUT2D eigenvalue weighted by atomic mass is 9.85. The average Bonchev–Trinajstić information content (AvgIpc) is 3.33. The Morgan fingerprint density at radius 1 is 0.906 bits per heavy atom. The SMILES string of the molecule is COc1cc2c(cc1[C@@H]1OC[C@@]3(O)[C@H](Oc4c(OC)cccc4OC)OC[C@@H]13)OCCO2. The van der Waals surface area contributed by atoms with E-state index in [-0.39, 0.29) is 19.1 Å². The fourth-order valence-corrected chi connectivity index (χ4v) is 4.49. The van der Waals surface area contributed by atoms with Crippen molar-refractivity contribution in [2.24, 2.45) is 5.92 Å². The van der Waals surface area contributed by atoms with Crippen LogP contribution in [0.1, 0.15) is 11.7 Å². The maximum atomic E-state index is 11.6. The lowest BCUT2D eigenvalue weighted by Gasteiger charge is -2.28. The number of benzene rings is 2. The number of aliphatic hydroxyl groups is 1. The predicted octanol–water partition coefficient (Wildman–Crippen LogP) is 2.34. The maximum Gasteiger partial charge on any atom is 0.232 e. The summed E-state index contributed by atoms with van der Waals surface area (Å²) in [6.45, 7) is 1.22. The van der Waals surface area contributed by atoms with Crippen LogP contribution >= 0.6 is 0 Å². The van der Waals surface area contributed by atoms with Gasteiger partial charge in [0.2, 0.25) is 12.0 Å². The fraction of sp³-hybridized carbons (Fsp3) is 0.478. The van der Waals surface area contributed by atoms with Crippen LogP contribution in [-0.2, 0) is 9.47 Å². The first-order chi connectivity index (χ1) is 15.6. The van der Waals surface area contributed by atoms with Gasteiger partial charge >= 0.3 is 0 Å². The third-order valence-electron chi connectivity index (χ3n) is 6.15. The fourth-order valence-electron chi connectivity index (χ4n) is 4.49. The molecule has 2 fully saturated rings. The Labute approximate surface area is 185 Å². The second kappa shape index (κ2) is 8.23. The van der Waals surface area contributed by atoms with Gasteiger partial charge in [-0.05, 0) is 18.2 Å². The van der Waals surface area contributed by atoms with E-state index in [1.54, 1.807) is 31.4 Å². The molecule has 172 valence electrons. The van der Waals surface area contributed by atoms with E-state index in [1.807, 2.05) is 6.07 Å². The molecule has 2 saturated heterocycles. The second-order valence-electron chi connectivity index (χ2n) is 7.84. The van der Waals surface area contributed by atoms with Crippen LogP contribution in [0.4, 0.5) is 0 Å². The summed E-state index contributed by atoms with van der Waals surface area (Å²) < 4.78 is 45.8. The highest BCUT2D eigenvalue weighted by atomic mass is 16.7. The minimum absolute atomic E-state index is 0.0298. The van der Waals surface area contributed by atoms with Gasteiger partial charge in [0.15, 0.2) is 28.6 Å². The van der Waals surface area contributed by atoms with Crippen LogP contribution in [0.15, 0.2) is 30.3 Å². The number of methoxy groups -OCH3 is 3. The molecule has 2 aromatic rings. The minimum atomic E-state index is -1.38. The lowest BCUT2D eigenvalue weighted by molar-refractivity contribution is -0.153. The van der Waals surface area contributed by atoms with Crippen LogP contribution in [-0.4, -0.2) is 64.8 Å². The summed E-state index contributed by atoms with van der Waals surface area (Å²) in [7, 11) is 4.66. The molecule has 0 aromatic heterocycles. The molecule has 0 radical (unpaired) electrons. The van der Waals surface area contributed by atoms with Crippen LogP contribution in [0.5, 0.6) is 34.5 Å². The Morgan fingerprint density at radius 3 is 2.22 bits per heavy atom. The number of para-hydroxylation sites is 1. The molecule has 5 rings (SSSR count). The number of ether oxygens (including phenoxy) is 8. The van der Waals surface area contributed by atoms with Crippen LogP contribution in [0.25, 0.3) is 0 Å². The van der Waals surface area contributed by atoms with Gasteiger partial charge in [0.1, 0.15) is 19.0 Å². The highest BCUT2D eigenvalue weighted by Gasteiger charge is 2.61. The van der Waals surface area contributed by atoms with Gasteiger partial charge in [-0.2, -0.15) is 0 Å². The van der Waals surface area contributed by atoms with E-state index >= 15 is 0 Å². The topological polar surface area (TPSA) is 94.1 Å². The summed E-state index contributed by atoms with van der Waals surface area (Å²) in [5.41, 5.74) is -0.619. The van der Waals surface area contributed by atoms with Gasteiger partial charge < -0.3 is 43.0 Å². The standard InChI is InChI=1S/C23H26O9/c1-25-15-5-4-6-16(26-2)21(15)32-22-23(24)12-31-20(14(23)11-30-22)13-9-18-19(10-17(13)27-3)29-8-7-28-18/h4-6,9-10,14,20,22,24H,7-8,11-12H2,1-3H3/t14-,20-,22-,23-/m0/s1. The molecule has 0 spiro atoms. The van der Waals surface area contributed by atoms with E-state index in [4.69, 9.17) is 37.9 Å². The molecule has 0 unspecified atom stereocenters. The minimum Gasteiger partial charge on any atom is -0.496 e. The highest BCUT2D eigenvalue weighted by Crippen LogP contribution is 2.52. The van der Waals surface area contributed by atoms with Crippen LogP contribution in [0.2, 0.25) is 0 Å². The summed E-state index contributed by atoms with van der Waals surface area (Å²) in [6.07, 6.45) is -1.44. The maximum absolute atomic E-state index is 11.6. The molecular weight excluding hydrogens is 420 g/mol. The molecule has 0 aliphatic carbocycles. The number of rotatable bonds is 6. The summed E-state index contributed by atoms with van der Waals surface area (Å²) in [6, 6.07) is 8.93. The molecule has 3 heterocycles. The quantitative estimate of drug-likeness (QED) is 0.718. The van der Waals surface area contributed by atoms with E-state index in [0.29, 0.717) is 47.7 Å². The van der Waals surface area contributed by atoms with Crippen molar-refractivity contribution >= 4 is 0 Å². The molecule has 3 aliphatic rings. The van der Waals surface area contributed by atoms with E-state index in [1.165, 1.54) is 14.2 Å². The molecule has 9 heteroatoms. The van der Waals surface area contributed by atoms with Crippen molar-refractivity contribution in [3.05, 3.63) is 35.9 Å². The van der Waals surface area contributed by atoms with Crippen LogP contribution < -0.4 is 28.4 Å². The third-order valence-corrected chi connectivity index (χ3v) is 6.15. The van der Waals surface area contributed by atoms with Gasteiger partial charge in [-0.1, -0.05) is 6.07 Å². The molecule has 4 atom stereocenters. The summed E-state index contributed by atoms with van der Waals surface area (Å²) in [5.74, 6) is 2.77. The van der Waals surface area contributed by atoms with Gasteiger partial charge in [0.05, 0.1) is 46.6 Å². The average molecular weight is 446 g/mol. The molecule has 0 amide bonds. The second-order valence-corrected chi connectivity index (χ2v) is 7.84. The normalized spacial score (nSPS) is 28.2. The molecule has 0 saturated carbocycles. The van der Waals surface area contributed by atoms with Crippen LogP contribution in [0, 0.1) is 5.92 Å². The Kier molecular flexibility index (Phi) is 5.40. The first kappa shape index (κ1) is 21.0. The molecule has 1 N–H and O–H groups in total. The van der Waals surface area contributed by atoms with Crippen molar-refractivity contribution < 1.29 is 43.0 Å². The smallest absolute Gasteiger partial charge is 0.232 e. The van der Waals surface area contributed by atoms with Crippen molar-refractivity contribution in [1.29, 1.82) is 0 Å².